The molecule has 140 valence electrons. The van der Waals surface area contributed by atoms with Crippen molar-refractivity contribution in [2.24, 2.45) is 0 Å². The first-order valence-electron chi connectivity index (χ1n) is 9.32. The molecule has 0 bridgehead atoms. The van der Waals surface area contributed by atoms with E-state index < -0.39 is 0 Å². The Kier molecular flexibility index (Phi) is 5.23. The van der Waals surface area contributed by atoms with Gasteiger partial charge in [-0.2, -0.15) is 0 Å². The summed E-state index contributed by atoms with van der Waals surface area (Å²) in [6.07, 6.45) is 0. The molecule has 0 radical (unpaired) electrons. The fourth-order valence-corrected chi connectivity index (χ4v) is 3.77. The highest BCUT2D eigenvalue weighted by Gasteiger charge is 2.26. The molecule has 4 rings (SSSR count). The van der Waals surface area contributed by atoms with E-state index in [1.165, 1.54) is 0 Å². The lowest BCUT2D eigenvalue weighted by molar-refractivity contribution is 0.195. The van der Waals surface area contributed by atoms with E-state index in [2.05, 4.69) is 46.6 Å². The Balaban J connectivity index is 1.80. The second kappa shape index (κ2) is 7.94. The van der Waals surface area contributed by atoms with Crippen LogP contribution in [0.2, 0.25) is 0 Å². The smallest absolute Gasteiger partial charge is 0.161 e. The highest BCUT2D eigenvalue weighted by molar-refractivity contribution is 5.78. The van der Waals surface area contributed by atoms with Crippen LogP contribution in [0, 0.1) is 0 Å². The SMILES string of the molecule is COc1ccc(C(c2ccc3ccccc3n2)N2CCNCC2)cc1OC. The summed E-state index contributed by atoms with van der Waals surface area (Å²) in [4.78, 5) is 7.47. The molecule has 5 heteroatoms. The van der Waals surface area contributed by atoms with Gasteiger partial charge in [-0.25, -0.2) is 0 Å². The summed E-state index contributed by atoms with van der Waals surface area (Å²) in [6.45, 7) is 3.93. The summed E-state index contributed by atoms with van der Waals surface area (Å²) in [6, 6.07) is 18.8. The van der Waals surface area contributed by atoms with Gasteiger partial charge in [0.05, 0.1) is 31.5 Å². The predicted octanol–water partition coefficient (Wildman–Crippen LogP) is 3.25. The van der Waals surface area contributed by atoms with Crippen LogP contribution in [-0.2, 0) is 0 Å². The molecular weight excluding hydrogens is 338 g/mol. The molecule has 0 saturated carbocycles. The van der Waals surface area contributed by atoms with Crippen LogP contribution in [0.4, 0.5) is 0 Å². The van der Waals surface area contributed by atoms with Crippen molar-refractivity contribution in [2.45, 2.75) is 6.04 Å². The van der Waals surface area contributed by atoms with Crippen molar-refractivity contribution in [3.8, 4) is 11.5 Å². The van der Waals surface area contributed by atoms with E-state index >= 15 is 0 Å². The van der Waals surface area contributed by atoms with Gasteiger partial charge in [0.25, 0.3) is 0 Å². The zero-order chi connectivity index (χ0) is 18.6. The van der Waals surface area contributed by atoms with Gasteiger partial charge in [-0.3, -0.25) is 9.88 Å². The Hall–Kier alpha value is -2.63. The van der Waals surface area contributed by atoms with E-state index in [0.29, 0.717) is 0 Å². The number of benzene rings is 2. The van der Waals surface area contributed by atoms with Gasteiger partial charge in [-0.05, 0) is 29.8 Å². The number of rotatable bonds is 5. The van der Waals surface area contributed by atoms with Crippen molar-refractivity contribution < 1.29 is 9.47 Å². The topological polar surface area (TPSA) is 46.6 Å². The number of fused-ring (bicyclic) bond motifs is 1. The van der Waals surface area contributed by atoms with E-state index in [1.807, 2.05) is 18.2 Å². The van der Waals surface area contributed by atoms with Crippen LogP contribution in [0.15, 0.2) is 54.6 Å². The highest BCUT2D eigenvalue weighted by Crippen LogP contribution is 2.35. The molecule has 0 spiro atoms. The van der Waals surface area contributed by atoms with Crippen LogP contribution >= 0.6 is 0 Å². The van der Waals surface area contributed by atoms with Crippen molar-refractivity contribution in [2.75, 3.05) is 40.4 Å². The number of para-hydroxylation sites is 1. The van der Waals surface area contributed by atoms with Gasteiger partial charge in [0.15, 0.2) is 11.5 Å². The van der Waals surface area contributed by atoms with E-state index in [0.717, 1.165) is 59.8 Å². The van der Waals surface area contributed by atoms with Crippen LogP contribution in [0.3, 0.4) is 0 Å². The van der Waals surface area contributed by atoms with Crippen molar-refractivity contribution in [1.82, 2.24) is 15.2 Å². The summed E-state index contributed by atoms with van der Waals surface area (Å²) in [5.41, 5.74) is 3.25. The lowest BCUT2D eigenvalue weighted by Crippen LogP contribution is -2.45. The maximum atomic E-state index is 5.54. The summed E-state index contributed by atoms with van der Waals surface area (Å²) in [5, 5.41) is 4.60. The average molecular weight is 363 g/mol. The molecule has 1 aliphatic heterocycles. The number of piperazine rings is 1. The van der Waals surface area contributed by atoms with Gasteiger partial charge >= 0.3 is 0 Å². The summed E-state index contributed by atoms with van der Waals surface area (Å²) in [7, 11) is 3.34. The maximum Gasteiger partial charge on any atom is 0.161 e. The fourth-order valence-electron chi connectivity index (χ4n) is 3.77. The Bertz CT molecular complexity index is 922. The third-order valence-corrected chi connectivity index (χ3v) is 5.14. The molecule has 1 saturated heterocycles. The molecule has 1 fully saturated rings. The lowest BCUT2D eigenvalue weighted by atomic mass is 9.99. The number of ether oxygens (including phenoxy) is 2. The van der Waals surface area contributed by atoms with Crippen LogP contribution in [0.25, 0.3) is 10.9 Å². The first-order chi connectivity index (χ1) is 13.3. The predicted molar refractivity (Wildman–Crippen MR) is 108 cm³/mol. The number of nitrogens with zero attached hydrogens (tertiary/aromatic N) is 2. The van der Waals surface area contributed by atoms with E-state index in [1.54, 1.807) is 14.2 Å². The third-order valence-electron chi connectivity index (χ3n) is 5.14. The molecule has 1 N–H and O–H groups in total. The molecule has 2 aromatic carbocycles. The van der Waals surface area contributed by atoms with Crippen molar-refractivity contribution in [1.29, 1.82) is 0 Å². The molecule has 1 unspecified atom stereocenters. The van der Waals surface area contributed by atoms with Crippen molar-refractivity contribution >= 4 is 10.9 Å². The number of hydrogen-bond donors (Lipinski definition) is 1. The lowest BCUT2D eigenvalue weighted by Gasteiger charge is -2.35. The first-order valence-corrected chi connectivity index (χ1v) is 9.32. The molecule has 0 amide bonds. The minimum atomic E-state index is 0.0801. The van der Waals surface area contributed by atoms with Crippen LogP contribution < -0.4 is 14.8 Å². The van der Waals surface area contributed by atoms with Gasteiger partial charge < -0.3 is 14.8 Å². The summed E-state index contributed by atoms with van der Waals surface area (Å²) in [5.74, 6) is 1.49. The largest absolute Gasteiger partial charge is 0.493 e. The minimum Gasteiger partial charge on any atom is -0.493 e. The summed E-state index contributed by atoms with van der Waals surface area (Å²) >= 11 is 0. The van der Waals surface area contributed by atoms with Crippen LogP contribution in [-0.4, -0.2) is 50.3 Å². The molecule has 2 heterocycles. The molecule has 1 aromatic heterocycles. The first kappa shape index (κ1) is 17.8. The molecular formula is C22H25N3O2. The molecule has 5 nitrogen and oxygen atoms in total. The maximum absolute atomic E-state index is 5.54. The van der Waals surface area contributed by atoms with Gasteiger partial charge in [-0.1, -0.05) is 30.3 Å². The third kappa shape index (κ3) is 3.61. The standard InChI is InChI=1S/C22H25N3O2/c1-26-20-10-8-17(15-21(20)27-2)22(25-13-11-23-12-14-25)19-9-7-16-5-3-4-6-18(16)24-19/h3-10,15,22-23H,11-14H2,1-2H3. The quantitative estimate of drug-likeness (QED) is 0.754. The Morgan fingerprint density at radius 1 is 0.926 bits per heavy atom. The molecule has 0 aliphatic carbocycles. The molecule has 1 aliphatic rings. The second-order valence-corrected chi connectivity index (χ2v) is 6.73. The Labute approximate surface area is 159 Å². The molecule has 1 atom stereocenters. The number of aromatic nitrogens is 1. The normalized spacial score (nSPS) is 16.2. The van der Waals surface area contributed by atoms with Crippen molar-refractivity contribution in [3.05, 3.63) is 65.9 Å². The zero-order valence-corrected chi connectivity index (χ0v) is 15.8. The van der Waals surface area contributed by atoms with Crippen molar-refractivity contribution in [3.63, 3.8) is 0 Å². The minimum absolute atomic E-state index is 0.0801. The van der Waals surface area contributed by atoms with Gasteiger partial charge in [0.2, 0.25) is 0 Å². The molecule has 3 aromatic rings. The number of hydrogen-bond acceptors (Lipinski definition) is 5. The average Bonchev–Trinajstić information content (AvgIpc) is 2.74. The molecule has 27 heavy (non-hydrogen) atoms. The van der Waals surface area contributed by atoms with Gasteiger partial charge in [0, 0.05) is 31.6 Å². The highest BCUT2D eigenvalue weighted by atomic mass is 16.5. The number of methoxy groups -OCH3 is 2. The Morgan fingerprint density at radius 3 is 2.48 bits per heavy atom. The second-order valence-electron chi connectivity index (χ2n) is 6.73. The van der Waals surface area contributed by atoms with Crippen LogP contribution in [0.1, 0.15) is 17.3 Å². The van der Waals surface area contributed by atoms with Gasteiger partial charge in [-0.15, -0.1) is 0 Å². The number of nitrogens with one attached hydrogen (secondary N) is 1. The fraction of sp³-hybridized carbons (Fsp3) is 0.318. The van der Waals surface area contributed by atoms with Gasteiger partial charge in [0.1, 0.15) is 0 Å². The van der Waals surface area contributed by atoms with E-state index in [9.17, 15) is 0 Å². The summed E-state index contributed by atoms with van der Waals surface area (Å²) < 4.78 is 11.0. The number of pyridine rings is 1. The van der Waals surface area contributed by atoms with E-state index in [-0.39, 0.29) is 6.04 Å². The monoisotopic (exact) mass is 363 g/mol. The van der Waals surface area contributed by atoms with Crippen LogP contribution in [0.5, 0.6) is 11.5 Å². The Morgan fingerprint density at radius 2 is 1.70 bits per heavy atom. The zero-order valence-electron chi connectivity index (χ0n) is 15.8. The van der Waals surface area contributed by atoms with E-state index in [4.69, 9.17) is 14.5 Å².